The van der Waals surface area contributed by atoms with Gasteiger partial charge in [0, 0.05) is 31.4 Å². The van der Waals surface area contributed by atoms with Crippen molar-refractivity contribution in [2.75, 3.05) is 24.2 Å². The lowest BCUT2D eigenvalue weighted by atomic mass is 10.2. The number of benzene rings is 1. The van der Waals surface area contributed by atoms with Crippen LogP contribution in [0.15, 0.2) is 24.3 Å². The highest BCUT2D eigenvalue weighted by Crippen LogP contribution is 2.13. The Labute approximate surface area is 91.9 Å². The smallest absolute Gasteiger partial charge is 0.119 e. The molecule has 3 heteroatoms. The lowest BCUT2D eigenvalue weighted by molar-refractivity contribution is -0.107. The van der Waals surface area contributed by atoms with Gasteiger partial charge in [-0.1, -0.05) is 6.92 Å². The van der Waals surface area contributed by atoms with Crippen LogP contribution in [-0.2, 0) is 4.79 Å². The average molecular weight is 208 g/mol. The minimum absolute atomic E-state index is 0.639. The van der Waals surface area contributed by atoms with Crippen LogP contribution in [-0.4, -0.2) is 19.9 Å². The SMILES string of the molecule is CCC=O.CCN(C)c1ccc(N)cc1. The second-order valence-corrected chi connectivity index (χ2v) is 3.18. The molecule has 1 aromatic rings. The van der Waals surface area contributed by atoms with E-state index in [1.54, 1.807) is 0 Å². The molecule has 0 heterocycles. The van der Waals surface area contributed by atoms with Gasteiger partial charge in [0.25, 0.3) is 0 Å². The highest BCUT2D eigenvalue weighted by Gasteiger charge is 1.94. The van der Waals surface area contributed by atoms with Gasteiger partial charge in [0.2, 0.25) is 0 Å². The van der Waals surface area contributed by atoms with E-state index >= 15 is 0 Å². The highest BCUT2D eigenvalue weighted by molar-refractivity contribution is 5.52. The molecule has 3 nitrogen and oxygen atoms in total. The van der Waals surface area contributed by atoms with E-state index < -0.39 is 0 Å². The largest absolute Gasteiger partial charge is 0.399 e. The molecule has 0 unspecified atom stereocenters. The maximum absolute atomic E-state index is 9.17. The van der Waals surface area contributed by atoms with E-state index in [1.165, 1.54) is 5.69 Å². The van der Waals surface area contributed by atoms with Crippen molar-refractivity contribution in [3.8, 4) is 0 Å². The molecule has 0 fully saturated rings. The van der Waals surface area contributed by atoms with Crippen molar-refractivity contribution >= 4 is 17.7 Å². The fraction of sp³-hybridized carbons (Fsp3) is 0.417. The van der Waals surface area contributed by atoms with Crippen LogP contribution in [0.4, 0.5) is 11.4 Å². The molecule has 0 radical (unpaired) electrons. The first-order chi connectivity index (χ1) is 7.15. The van der Waals surface area contributed by atoms with Gasteiger partial charge in [0.1, 0.15) is 6.29 Å². The van der Waals surface area contributed by atoms with E-state index in [0.29, 0.717) is 6.42 Å². The van der Waals surface area contributed by atoms with E-state index in [-0.39, 0.29) is 0 Å². The Morgan fingerprint density at radius 3 is 2.07 bits per heavy atom. The number of nitrogens with zero attached hydrogens (tertiary/aromatic N) is 1. The summed E-state index contributed by atoms with van der Waals surface area (Å²) in [5.41, 5.74) is 7.58. The molecule has 0 saturated carbocycles. The second-order valence-electron chi connectivity index (χ2n) is 3.18. The molecule has 0 saturated heterocycles. The Bertz CT molecular complexity index is 269. The summed E-state index contributed by atoms with van der Waals surface area (Å²) >= 11 is 0. The number of hydrogen-bond acceptors (Lipinski definition) is 3. The number of carbonyl (C=O) groups excluding carboxylic acids is 1. The van der Waals surface area contributed by atoms with Crippen molar-refractivity contribution in [2.45, 2.75) is 20.3 Å². The molecule has 0 aromatic heterocycles. The molecule has 0 atom stereocenters. The molecule has 1 rings (SSSR count). The molecule has 0 spiro atoms. The number of rotatable bonds is 3. The fourth-order valence-electron chi connectivity index (χ4n) is 0.911. The van der Waals surface area contributed by atoms with Crippen LogP contribution < -0.4 is 10.6 Å². The first kappa shape index (κ1) is 13.5. The summed E-state index contributed by atoms with van der Waals surface area (Å²) in [6.07, 6.45) is 1.51. The van der Waals surface area contributed by atoms with Gasteiger partial charge in [-0.25, -0.2) is 0 Å². The molecular weight excluding hydrogens is 188 g/mol. The molecule has 0 aliphatic carbocycles. The lowest BCUT2D eigenvalue weighted by Gasteiger charge is -2.16. The van der Waals surface area contributed by atoms with E-state index in [0.717, 1.165) is 18.5 Å². The Kier molecular flexibility index (Phi) is 7.06. The third-order valence-electron chi connectivity index (χ3n) is 1.97. The number of aldehydes is 1. The minimum atomic E-state index is 0.639. The van der Waals surface area contributed by atoms with Crippen molar-refractivity contribution in [3.63, 3.8) is 0 Å². The maximum Gasteiger partial charge on any atom is 0.119 e. The first-order valence-electron chi connectivity index (χ1n) is 5.16. The third kappa shape index (κ3) is 5.73. The van der Waals surface area contributed by atoms with E-state index in [2.05, 4.69) is 18.9 Å². The summed E-state index contributed by atoms with van der Waals surface area (Å²) in [5.74, 6) is 0. The average Bonchev–Trinajstić information content (AvgIpc) is 2.29. The van der Waals surface area contributed by atoms with Crippen molar-refractivity contribution in [3.05, 3.63) is 24.3 Å². The zero-order chi connectivity index (χ0) is 11.7. The zero-order valence-electron chi connectivity index (χ0n) is 9.73. The van der Waals surface area contributed by atoms with Crippen molar-refractivity contribution < 1.29 is 4.79 Å². The van der Waals surface area contributed by atoms with Crippen LogP contribution >= 0.6 is 0 Å². The van der Waals surface area contributed by atoms with Crippen LogP contribution in [0.3, 0.4) is 0 Å². The third-order valence-corrected chi connectivity index (χ3v) is 1.97. The van der Waals surface area contributed by atoms with Crippen LogP contribution in [0.25, 0.3) is 0 Å². The summed E-state index contributed by atoms with van der Waals surface area (Å²) in [4.78, 5) is 11.3. The molecular formula is C12H20N2O. The van der Waals surface area contributed by atoms with Gasteiger partial charge in [-0.3, -0.25) is 0 Å². The van der Waals surface area contributed by atoms with Gasteiger partial charge in [0.15, 0.2) is 0 Å². The number of hydrogen-bond donors (Lipinski definition) is 1. The fourth-order valence-corrected chi connectivity index (χ4v) is 0.911. The first-order valence-corrected chi connectivity index (χ1v) is 5.16. The van der Waals surface area contributed by atoms with Crippen molar-refractivity contribution in [2.24, 2.45) is 0 Å². The van der Waals surface area contributed by atoms with Gasteiger partial charge in [-0.05, 0) is 31.2 Å². The summed E-state index contributed by atoms with van der Waals surface area (Å²) < 4.78 is 0. The van der Waals surface area contributed by atoms with Gasteiger partial charge in [-0.2, -0.15) is 0 Å². The summed E-state index contributed by atoms with van der Waals surface area (Å²) in [5, 5.41) is 0. The normalized spacial score (nSPS) is 8.73. The van der Waals surface area contributed by atoms with Gasteiger partial charge in [-0.15, -0.1) is 0 Å². The lowest BCUT2D eigenvalue weighted by Crippen LogP contribution is -2.15. The van der Waals surface area contributed by atoms with Gasteiger partial charge in [0.05, 0.1) is 0 Å². The topological polar surface area (TPSA) is 46.3 Å². The van der Waals surface area contributed by atoms with E-state index in [1.807, 2.05) is 31.2 Å². The molecule has 0 bridgehead atoms. The Morgan fingerprint density at radius 2 is 1.73 bits per heavy atom. The standard InChI is InChI=1S/C9H14N2.C3H6O/c1-3-11(2)9-6-4-8(10)5-7-9;1-2-3-4/h4-7H,3,10H2,1-2H3;3H,2H2,1H3. The molecule has 0 aliphatic rings. The molecule has 0 aliphatic heterocycles. The van der Waals surface area contributed by atoms with Gasteiger partial charge < -0.3 is 15.4 Å². The molecule has 84 valence electrons. The zero-order valence-corrected chi connectivity index (χ0v) is 9.73. The monoisotopic (exact) mass is 208 g/mol. The maximum atomic E-state index is 9.17. The number of anilines is 2. The summed E-state index contributed by atoms with van der Waals surface area (Å²) in [6, 6.07) is 7.89. The molecule has 1 aromatic carbocycles. The van der Waals surface area contributed by atoms with E-state index in [4.69, 9.17) is 5.73 Å². The van der Waals surface area contributed by atoms with Crippen molar-refractivity contribution in [1.29, 1.82) is 0 Å². The Morgan fingerprint density at radius 1 is 1.27 bits per heavy atom. The van der Waals surface area contributed by atoms with Gasteiger partial charge >= 0.3 is 0 Å². The molecule has 15 heavy (non-hydrogen) atoms. The summed E-state index contributed by atoms with van der Waals surface area (Å²) in [6.45, 7) is 4.95. The summed E-state index contributed by atoms with van der Waals surface area (Å²) in [7, 11) is 2.06. The van der Waals surface area contributed by atoms with E-state index in [9.17, 15) is 4.79 Å². The quantitative estimate of drug-likeness (QED) is 0.612. The minimum Gasteiger partial charge on any atom is -0.399 e. The Hall–Kier alpha value is -1.51. The number of nitrogen functional groups attached to an aromatic ring is 1. The predicted octanol–water partition coefficient (Wildman–Crippen LogP) is 2.32. The van der Waals surface area contributed by atoms with Crippen LogP contribution in [0.2, 0.25) is 0 Å². The molecule has 2 N–H and O–H groups in total. The van der Waals surface area contributed by atoms with Crippen LogP contribution in [0, 0.1) is 0 Å². The highest BCUT2D eigenvalue weighted by atomic mass is 16.1. The predicted molar refractivity (Wildman–Crippen MR) is 66.2 cm³/mol. The van der Waals surface area contributed by atoms with Crippen LogP contribution in [0.5, 0.6) is 0 Å². The van der Waals surface area contributed by atoms with Crippen molar-refractivity contribution in [1.82, 2.24) is 0 Å². The number of carbonyl (C=O) groups is 1. The molecule has 0 amide bonds. The van der Waals surface area contributed by atoms with Crippen LogP contribution in [0.1, 0.15) is 20.3 Å². The second kappa shape index (κ2) is 7.85. The number of nitrogens with two attached hydrogens (primary N) is 1. The Balaban J connectivity index is 0.000000423.